The second kappa shape index (κ2) is 3.11. The van der Waals surface area contributed by atoms with E-state index in [-0.39, 0.29) is 0 Å². The molecule has 0 spiro atoms. The Bertz CT molecular complexity index is 275. The van der Waals surface area contributed by atoms with Gasteiger partial charge >= 0.3 is 0 Å². The maximum Gasteiger partial charge on any atom is 0.142 e. The summed E-state index contributed by atoms with van der Waals surface area (Å²) >= 11 is 0. The summed E-state index contributed by atoms with van der Waals surface area (Å²) in [5.74, 6) is 0.920. The summed E-state index contributed by atoms with van der Waals surface area (Å²) in [5.41, 5.74) is 1.03. The highest BCUT2D eigenvalue weighted by atomic mass is 16.5. The van der Waals surface area contributed by atoms with Crippen LogP contribution in [0.25, 0.3) is 0 Å². The molecule has 1 aliphatic rings. The fourth-order valence-electron chi connectivity index (χ4n) is 1.49. The zero-order chi connectivity index (χ0) is 8.39. The van der Waals surface area contributed by atoms with Gasteiger partial charge in [-0.05, 0) is 19.2 Å². The third-order valence-corrected chi connectivity index (χ3v) is 2.14. The molecule has 1 aliphatic heterocycles. The van der Waals surface area contributed by atoms with Gasteiger partial charge < -0.3 is 10.1 Å². The molecule has 0 aromatic carbocycles. The van der Waals surface area contributed by atoms with Crippen molar-refractivity contribution in [3.8, 4) is 5.75 Å². The topological polar surface area (TPSA) is 34.1 Å². The molecule has 0 aliphatic carbocycles. The number of aromatic nitrogens is 1. The van der Waals surface area contributed by atoms with Crippen molar-refractivity contribution in [2.75, 3.05) is 13.7 Å². The summed E-state index contributed by atoms with van der Waals surface area (Å²) < 4.78 is 5.45. The van der Waals surface area contributed by atoms with Gasteiger partial charge in [0.1, 0.15) is 5.75 Å². The van der Waals surface area contributed by atoms with E-state index in [1.165, 1.54) is 0 Å². The molecule has 0 saturated carbocycles. The smallest absolute Gasteiger partial charge is 0.142 e. The molecule has 3 heteroatoms. The number of rotatable bonds is 1. The normalized spacial score (nSPS) is 21.2. The van der Waals surface area contributed by atoms with Gasteiger partial charge in [-0.15, -0.1) is 0 Å². The molecule has 0 amide bonds. The van der Waals surface area contributed by atoms with E-state index < -0.39 is 0 Å². The lowest BCUT2D eigenvalue weighted by molar-refractivity contribution is 0.253. The second-order valence-electron chi connectivity index (χ2n) is 2.87. The first-order valence-electron chi connectivity index (χ1n) is 4.17. The second-order valence-corrected chi connectivity index (χ2v) is 2.87. The number of pyridine rings is 1. The van der Waals surface area contributed by atoms with Crippen molar-refractivity contribution in [3.63, 3.8) is 0 Å². The van der Waals surface area contributed by atoms with Gasteiger partial charge in [-0.1, -0.05) is 0 Å². The fraction of sp³-hybridized carbons (Fsp3) is 0.444. The van der Waals surface area contributed by atoms with E-state index >= 15 is 0 Å². The summed E-state index contributed by atoms with van der Waals surface area (Å²) in [7, 11) is 1.95. The highest BCUT2D eigenvalue weighted by Crippen LogP contribution is 2.28. The molecule has 1 aromatic rings. The van der Waals surface area contributed by atoms with Crippen molar-refractivity contribution < 1.29 is 4.74 Å². The van der Waals surface area contributed by atoms with E-state index in [0.717, 1.165) is 24.5 Å². The van der Waals surface area contributed by atoms with Crippen LogP contribution >= 0.6 is 0 Å². The van der Waals surface area contributed by atoms with Gasteiger partial charge in [0, 0.05) is 12.6 Å². The van der Waals surface area contributed by atoms with Crippen LogP contribution in [0.1, 0.15) is 18.2 Å². The fourth-order valence-corrected chi connectivity index (χ4v) is 1.49. The van der Waals surface area contributed by atoms with Crippen LogP contribution in [0.2, 0.25) is 0 Å². The summed E-state index contributed by atoms with van der Waals surface area (Å²) in [6, 6.07) is 4.22. The predicted molar refractivity (Wildman–Crippen MR) is 46.1 cm³/mol. The lowest BCUT2D eigenvalue weighted by atomic mass is 10.1. The number of nitrogens with one attached hydrogen (secondary N) is 1. The van der Waals surface area contributed by atoms with Gasteiger partial charge in [0.15, 0.2) is 0 Å². The molecule has 0 saturated heterocycles. The van der Waals surface area contributed by atoms with Crippen LogP contribution < -0.4 is 10.1 Å². The number of hydrogen-bond donors (Lipinski definition) is 1. The Morgan fingerprint density at radius 2 is 2.58 bits per heavy atom. The molecule has 1 atom stereocenters. The summed E-state index contributed by atoms with van der Waals surface area (Å²) in [5, 5.41) is 3.22. The highest BCUT2D eigenvalue weighted by molar-refractivity contribution is 5.31. The zero-order valence-corrected chi connectivity index (χ0v) is 7.08. The minimum absolute atomic E-state index is 0.356. The number of fused-ring (bicyclic) bond motifs is 1. The molecule has 3 nitrogen and oxygen atoms in total. The third-order valence-electron chi connectivity index (χ3n) is 2.14. The molecule has 0 bridgehead atoms. The maximum atomic E-state index is 5.45. The van der Waals surface area contributed by atoms with Gasteiger partial charge in [0.25, 0.3) is 0 Å². The molecule has 64 valence electrons. The van der Waals surface area contributed by atoms with Crippen molar-refractivity contribution in [3.05, 3.63) is 24.0 Å². The van der Waals surface area contributed by atoms with Crippen LogP contribution in [-0.2, 0) is 0 Å². The van der Waals surface area contributed by atoms with Crippen LogP contribution in [-0.4, -0.2) is 18.6 Å². The number of ether oxygens (including phenoxy) is 1. The van der Waals surface area contributed by atoms with Gasteiger partial charge in [0.2, 0.25) is 0 Å². The van der Waals surface area contributed by atoms with Crippen LogP contribution in [0.5, 0.6) is 5.75 Å². The van der Waals surface area contributed by atoms with Gasteiger partial charge in [-0.2, -0.15) is 0 Å². The minimum Gasteiger partial charge on any atom is -0.492 e. The average Bonchev–Trinajstić information content (AvgIpc) is 2.17. The van der Waals surface area contributed by atoms with E-state index in [1.807, 2.05) is 19.2 Å². The molecular weight excluding hydrogens is 152 g/mol. The molecule has 2 heterocycles. The zero-order valence-electron chi connectivity index (χ0n) is 7.08. The van der Waals surface area contributed by atoms with Crippen LogP contribution in [0.15, 0.2) is 18.3 Å². The van der Waals surface area contributed by atoms with Gasteiger partial charge in [0.05, 0.1) is 18.3 Å². The first kappa shape index (κ1) is 7.55. The molecular formula is C9H12N2O. The first-order chi connectivity index (χ1) is 5.92. The van der Waals surface area contributed by atoms with E-state index in [1.54, 1.807) is 6.20 Å². The van der Waals surface area contributed by atoms with Gasteiger partial charge in [-0.3, -0.25) is 4.98 Å². The molecule has 1 aromatic heterocycles. The first-order valence-corrected chi connectivity index (χ1v) is 4.17. The molecule has 0 radical (unpaired) electrons. The van der Waals surface area contributed by atoms with Crippen molar-refractivity contribution in [2.45, 2.75) is 12.5 Å². The quantitative estimate of drug-likeness (QED) is 0.675. The van der Waals surface area contributed by atoms with Crippen molar-refractivity contribution in [1.29, 1.82) is 0 Å². The number of nitrogens with zero attached hydrogens (tertiary/aromatic N) is 1. The minimum atomic E-state index is 0.356. The maximum absolute atomic E-state index is 5.45. The van der Waals surface area contributed by atoms with E-state index in [0.29, 0.717) is 6.04 Å². The van der Waals surface area contributed by atoms with E-state index in [4.69, 9.17) is 4.74 Å². The monoisotopic (exact) mass is 164 g/mol. The Labute approximate surface area is 71.8 Å². The summed E-state index contributed by atoms with van der Waals surface area (Å²) in [6.07, 6.45) is 2.80. The van der Waals surface area contributed by atoms with Crippen LogP contribution in [0.3, 0.4) is 0 Å². The van der Waals surface area contributed by atoms with E-state index in [2.05, 4.69) is 10.3 Å². The lowest BCUT2D eigenvalue weighted by Gasteiger charge is -2.23. The van der Waals surface area contributed by atoms with Crippen LogP contribution in [0, 0.1) is 0 Å². The third kappa shape index (κ3) is 1.16. The average molecular weight is 164 g/mol. The molecule has 0 fully saturated rings. The van der Waals surface area contributed by atoms with E-state index in [9.17, 15) is 0 Å². The molecule has 1 N–H and O–H groups in total. The predicted octanol–water partition coefficient (Wildman–Crippen LogP) is 1.12. The summed E-state index contributed by atoms with van der Waals surface area (Å²) in [6.45, 7) is 0.782. The molecule has 2 rings (SSSR count). The number of hydrogen-bond acceptors (Lipinski definition) is 3. The standard InChI is InChI=1S/C9H12N2O/c1-10-7-4-6-12-8-3-2-5-11-9(7)8/h2-3,5,7,10H,4,6H2,1H3. The SMILES string of the molecule is CNC1CCOc2cccnc21. The van der Waals surface area contributed by atoms with Crippen LogP contribution in [0.4, 0.5) is 0 Å². The Hall–Kier alpha value is -1.09. The summed E-state index contributed by atoms with van der Waals surface area (Å²) in [4.78, 5) is 4.28. The van der Waals surface area contributed by atoms with Crippen molar-refractivity contribution in [2.24, 2.45) is 0 Å². The highest BCUT2D eigenvalue weighted by Gasteiger charge is 2.20. The van der Waals surface area contributed by atoms with Gasteiger partial charge in [-0.25, -0.2) is 0 Å². The Kier molecular flexibility index (Phi) is 1.96. The lowest BCUT2D eigenvalue weighted by Crippen LogP contribution is -2.24. The van der Waals surface area contributed by atoms with Crippen molar-refractivity contribution in [1.82, 2.24) is 10.3 Å². The Morgan fingerprint density at radius 1 is 1.67 bits per heavy atom. The largest absolute Gasteiger partial charge is 0.492 e. The van der Waals surface area contributed by atoms with Crippen molar-refractivity contribution >= 4 is 0 Å². The Balaban J connectivity index is 2.37. The molecule has 12 heavy (non-hydrogen) atoms. The Morgan fingerprint density at radius 3 is 3.42 bits per heavy atom. The molecule has 1 unspecified atom stereocenters.